The van der Waals surface area contributed by atoms with Crippen LogP contribution in [0.15, 0.2) is 24.5 Å². The van der Waals surface area contributed by atoms with Crippen LogP contribution in [-0.4, -0.2) is 59.3 Å². The smallest absolute Gasteiger partial charge is 0.254 e. The number of rotatable bonds is 3. The molecule has 1 saturated heterocycles. The van der Waals surface area contributed by atoms with Gasteiger partial charge in [-0.3, -0.25) is 9.78 Å². The van der Waals surface area contributed by atoms with Crippen LogP contribution in [0.25, 0.3) is 0 Å². The van der Waals surface area contributed by atoms with Crippen molar-refractivity contribution in [2.45, 2.75) is 6.42 Å². The maximum atomic E-state index is 12.3. The van der Waals surface area contributed by atoms with Crippen LogP contribution in [0.5, 0.6) is 0 Å². The summed E-state index contributed by atoms with van der Waals surface area (Å²) in [6.07, 6.45) is 4.32. The van der Waals surface area contributed by atoms with Crippen LogP contribution in [0.3, 0.4) is 0 Å². The molecule has 1 fully saturated rings. The number of carbonyl (C=O) groups is 1. The van der Waals surface area contributed by atoms with Crippen molar-refractivity contribution in [1.82, 2.24) is 14.8 Å². The highest BCUT2D eigenvalue weighted by Gasteiger charge is 2.19. The van der Waals surface area contributed by atoms with Gasteiger partial charge in [0.25, 0.3) is 5.91 Å². The van der Waals surface area contributed by atoms with E-state index >= 15 is 0 Å². The molecule has 0 radical (unpaired) electrons. The van der Waals surface area contributed by atoms with Gasteiger partial charge in [0, 0.05) is 50.0 Å². The van der Waals surface area contributed by atoms with E-state index in [4.69, 9.17) is 11.6 Å². The van der Waals surface area contributed by atoms with E-state index in [1.54, 1.807) is 24.5 Å². The molecule has 2 heterocycles. The van der Waals surface area contributed by atoms with E-state index < -0.39 is 0 Å². The molecule has 1 aliphatic rings. The summed E-state index contributed by atoms with van der Waals surface area (Å²) < 4.78 is 0. The minimum absolute atomic E-state index is 0.102. The van der Waals surface area contributed by atoms with Gasteiger partial charge in [-0.1, -0.05) is 0 Å². The molecule has 1 aromatic rings. The summed E-state index contributed by atoms with van der Waals surface area (Å²) in [7, 11) is 0. The Bertz CT molecular complexity index is 385. The van der Waals surface area contributed by atoms with Crippen LogP contribution in [-0.2, 0) is 0 Å². The van der Waals surface area contributed by atoms with Crippen molar-refractivity contribution in [1.29, 1.82) is 0 Å². The van der Waals surface area contributed by atoms with Gasteiger partial charge in [-0.15, -0.1) is 11.6 Å². The number of hydrogen-bond donors (Lipinski definition) is 0. The Morgan fingerprint density at radius 2 is 2.00 bits per heavy atom. The zero-order chi connectivity index (χ0) is 12.8. The Labute approximate surface area is 113 Å². The zero-order valence-corrected chi connectivity index (χ0v) is 11.1. The quantitative estimate of drug-likeness (QED) is 0.778. The van der Waals surface area contributed by atoms with Gasteiger partial charge in [-0.2, -0.15) is 0 Å². The van der Waals surface area contributed by atoms with Gasteiger partial charge in [0.2, 0.25) is 0 Å². The van der Waals surface area contributed by atoms with Crippen LogP contribution in [0.2, 0.25) is 0 Å². The van der Waals surface area contributed by atoms with Gasteiger partial charge in [-0.25, -0.2) is 0 Å². The van der Waals surface area contributed by atoms with Crippen LogP contribution < -0.4 is 0 Å². The topological polar surface area (TPSA) is 36.4 Å². The molecular formula is C13H18ClN3O. The lowest BCUT2D eigenvalue weighted by molar-refractivity contribution is 0.0761. The zero-order valence-electron chi connectivity index (χ0n) is 10.4. The van der Waals surface area contributed by atoms with Gasteiger partial charge in [0.1, 0.15) is 0 Å². The fourth-order valence-corrected chi connectivity index (χ4v) is 2.43. The molecule has 0 unspecified atom stereocenters. The summed E-state index contributed by atoms with van der Waals surface area (Å²) in [6.45, 7) is 4.42. The Kier molecular flexibility index (Phi) is 4.96. The summed E-state index contributed by atoms with van der Waals surface area (Å²) in [4.78, 5) is 20.4. The van der Waals surface area contributed by atoms with Gasteiger partial charge < -0.3 is 9.80 Å². The third kappa shape index (κ3) is 3.43. The first-order chi connectivity index (χ1) is 8.81. The van der Waals surface area contributed by atoms with Crippen molar-refractivity contribution >= 4 is 17.5 Å². The van der Waals surface area contributed by atoms with Gasteiger partial charge in [0.15, 0.2) is 0 Å². The van der Waals surface area contributed by atoms with Crippen LogP contribution in [0.1, 0.15) is 16.8 Å². The number of nitrogens with zero attached hydrogens (tertiary/aromatic N) is 3. The fourth-order valence-electron chi connectivity index (χ4n) is 2.19. The minimum Gasteiger partial charge on any atom is -0.337 e. The molecule has 2 rings (SSSR count). The first-order valence-corrected chi connectivity index (χ1v) is 6.82. The second-order valence-electron chi connectivity index (χ2n) is 4.41. The molecule has 18 heavy (non-hydrogen) atoms. The average molecular weight is 268 g/mol. The number of alkyl halides is 1. The number of carbonyl (C=O) groups excluding carboxylic acids is 1. The average Bonchev–Trinajstić information content (AvgIpc) is 2.65. The Morgan fingerprint density at radius 1 is 1.22 bits per heavy atom. The molecule has 5 heteroatoms. The summed E-state index contributed by atoms with van der Waals surface area (Å²) in [6, 6.07) is 3.54. The molecule has 1 aliphatic heterocycles. The number of amides is 1. The Hall–Kier alpha value is -1.13. The van der Waals surface area contributed by atoms with E-state index in [2.05, 4.69) is 9.88 Å². The number of halogens is 1. The highest BCUT2D eigenvalue weighted by Crippen LogP contribution is 2.08. The van der Waals surface area contributed by atoms with Crippen LogP contribution in [0.4, 0.5) is 0 Å². The molecule has 1 aromatic heterocycles. The lowest BCUT2D eigenvalue weighted by Crippen LogP contribution is -2.35. The van der Waals surface area contributed by atoms with Crippen LogP contribution in [0, 0.1) is 0 Å². The molecule has 0 atom stereocenters. The molecule has 98 valence electrons. The fraction of sp³-hybridized carbons (Fsp3) is 0.538. The molecule has 0 bridgehead atoms. The molecule has 0 spiro atoms. The standard InChI is InChI=1S/C13H18ClN3O/c14-4-9-16-7-1-8-17(11-10-16)13(18)12-2-5-15-6-3-12/h2-3,5-6H,1,4,7-11H2. The summed E-state index contributed by atoms with van der Waals surface area (Å²) >= 11 is 5.75. The predicted octanol–water partition coefficient (Wildman–Crippen LogP) is 1.47. The van der Waals surface area contributed by atoms with Crippen molar-refractivity contribution in [3.63, 3.8) is 0 Å². The first-order valence-electron chi connectivity index (χ1n) is 6.29. The van der Waals surface area contributed by atoms with Crippen molar-refractivity contribution < 1.29 is 4.79 Å². The molecule has 0 aliphatic carbocycles. The van der Waals surface area contributed by atoms with E-state index in [-0.39, 0.29) is 5.91 Å². The molecule has 0 N–H and O–H groups in total. The predicted molar refractivity (Wildman–Crippen MR) is 71.9 cm³/mol. The number of aromatic nitrogens is 1. The number of hydrogen-bond acceptors (Lipinski definition) is 3. The van der Waals surface area contributed by atoms with E-state index in [1.807, 2.05) is 4.90 Å². The summed E-state index contributed by atoms with van der Waals surface area (Å²) in [5, 5.41) is 0. The third-order valence-electron chi connectivity index (χ3n) is 3.20. The lowest BCUT2D eigenvalue weighted by Gasteiger charge is -2.21. The molecule has 0 aromatic carbocycles. The molecule has 1 amide bonds. The van der Waals surface area contributed by atoms with E-state index in [9.17, 15) is 4.79 Å². The normalized spacial score (nSPS) is 17.5. The molecule has 0 saturated carbocycles. The van der Waals surface area contributed by atoms with Gasteiger partial charge >= 0.3 is 0 Å². The minimum atomic E-state index is 0.102. The Balaban J connectivity index is 1.96. The van der Waals surface area contributed by atoms with E-state index in [1.165, 1.54) is 0 Å². The Morgan fingerprint density at radius 3 is 2.72 bits per heavy atom. The summed E-state index contributed by atoms with van der Waals surface area (Å²) in [5.74, 6) is 0.753. The van der Waals surface area contributed by atoms with E-state index in [0.717, 1.165) is 44.7 Å². The van der Waals surface area contributed by atoms with Crippen molar-refractivity contribution in [3.8, 4) is 0 Å². The second kappa shape index (κ2) is 6.71. The maximum absolute atomic E-state index is 12.3. The van der Waals surface area contributed by atoms with Crippen molar-refractivity contribution in [2.75, 3.05) is 38.6 Å². The molecule has 4 nitrogen and oxygen atoms in total. The highest BCUT2D eigenvalue weighted by atomic mass is 35.5. The SMILES string of the molecule is O=C(c1ccncc1)N1CCCN(CCCl)CC1. The van der Waals surface area contributed by atoms with Crippen molar-refractivity contribution in [2.24, 2.45) is 0 Å². The van der Waals surface area contributed by atoms with E-state index in [0.29, 0.717) is 5.88 Å². The lowest BCUT2D eigenvalue weighted by atomic mass is 10.2. The van der Waals surface area contributed by atoms with Gasteiger partial charge in [0.05, 0.1) is 0 Å². The summed E-state index contributed by atoms with van der Waals surface area (Å²) in [5.41, 5.74) is 0.718. The third-order valence-corrected chi connectivity index (χ3v) is 3.37. The largest absolute Gasteiger partial charge is 0.337 e. The monoisotopic (exact) mass is 267 g/mol. The second-order valence-corrected chi connectivity index (χ2v) is 4.79. The molecular weight excluding hydrogens is 250 g/mol. The van der Waals surface area contributed by atoms with Crippen LogP contribution >= 0.6 is 11.6 Å². The van der Waals surface area contributed by atoms with Crippen molar-refractivity contribution in [3.05, 3.63) is 30.1 Å². The maximum Gasteiger partial charge on any atom is 0.254 e. The van der Waals surface area contributed by atoms with Gasteiger partial charge in [-0.05, 0) is 25.1 Å². The number of pyridine rings is 1. The highest BCUT2D eigenvalue weighted by molar-refractivity contribution is 6.18. The first kappa shape index (κ1) is 13.3.